The Morgan fingerprint density at radius 2 is 1.75 bits per heavy atom. The van der Waals surface area contributed by atoms with Crippen LogP contribution in [0.2, 0.25) is 0 Å². The van der Waals surface area contributed by atoms with E-state index in [-0.39, 0.29) is 5.78 Å². The minimum Gasteiger partial charge on any atom is -0.289 e. The van der Waals surface area contributed by atoms with E-state index in [1.54, 1.807) is 47.4 Å². The third kappa shape index (κ3) is 5.16. The Bertz CT molecular complexity index is 1360. The second-order valence-corrected chi connectivity index (χ2v) is 8.85. The van der Waals surface area contributed by atoms with Crippen LogP contribution < -0.4 is 4.72 Å². The smallest absolute Gasteiger partial charge is 0.229 e. The summed E-state index contributed by atoms with van der Waals surface area (Å²) in [5.41, 5.74) is 4.06. The summed E-state index contributed by atoms with van der Waals surface area (Å²) in [7, 11) is -3.37. The summed E-state index contributed by atoms with van der Waals surface area (Å²) in [5.74, 6) is -0.208. The topological polar surface area (TPSA) is 94.0 Å². The molecule has 0 unspecified atom stereocenters. The van der Waals surface area contributed by atoms with E-state index in [0.717, 1.165) is 23.1 Å². The maximum atomic E-state index is 12.7. The van der Waals surface area contributed by atoms with Crippen LogP contribution in [0, 0.1) is 0 Å². The van der Waals surface area contributed by atoms with Crippen molar-refractivity contribution in [1.29, 1.82) is 0 Å². The molecule has 0 saturated heterocycles. The van der Waals surface area contributed by atoms with Gasteiger partial charge in [0.15, 0.2) is 5.78 Å². The van der Waals surface area contributed by atoms with Gasteiger partial charge in [-0.1, -0.05) is 18.2 Å². The maximum absolute atomic E-state index is 12.7. The quantitative estimate of drug-likeness (QED) is 0.341. The number of benzene rings is 2. The number of rotatable bonds is 7. The van der Waals surface area contributed by atoms with Crippen molar-refractivity contribution in [3.8, 4) is 16.9 Å². The molecule has 0 aliphatic rings. The van der Waals surface area contributed by atoms with Crippen molar-refractivity contribution < 1.29 is 13.2 Å². The number of carbonyl (C=O) groups is 1. The van der Waals surface area contributed by atoms with Gasteiger partial charge in [-0.2, -0.15) is 5.10 Å². The summed E-state index contributed by atoms with van der Waals surface area (Å²) in [5, 5.41) is 4.70. The molecular weight excluding hydrogens is 424 g/mol. The van der Waals surface area contributed by atoms with Crippen LogP contribution in [0.4, 0.5) is 5.69 Å². The Balaban J connectivity index is 1.63. The highest BCUT2D eigenvalue weighted by atomic mass is 32.2. The van der Waals surface area contributed by atoms with Crippen LogP contribution in [0.1, 0.15) is 15.9 Å². The number of anilines is 1. The van der Waals surface area contributed by atoms with Gasteiger partial charge in [-0.3, -0.25) is 14.5 Å². The monoisotopic (exact) mass is 444 g/mol. The first-order chi connectivity index (χ1) is 15.4. The van der Waals surface area contributed by atoms with Crippen LogP contribution in [0.25, 0.3) is 23.0 Å². The molecule has 0 saturated carbocycles. The van der Waals surface area contributed by atoms with E-state index >= 15 is 0 Å². The van der Waals surface area contributed by atoms with Gasteiger partial charge in [-0.05, 0) is 60.7 Å². The molecule has 8 heteroatoms. The van der Waals surface area contributed by atoms with E-state index in [2.05, 4.69) is 9.71 Å². The van der Waals surface area contributed by atoms with Gasteiger partial charge >= 0.3 is 0 Å². The number of hydrogen-bond acceptors (Lipinski definition) is 5. The van der Waals surface area contributed by atoms with Crippen LogP contribution in [0.5, 0.6) is 0 Å². The molecule has 0 aliphatic heterocycles. The minimum absolute atomic E-state index is 0.208. The minimum atomic E-state index is -3.37. The molecule has 0 fully saturated rings. The van der Waals surface area contributed by atoms with E-state index in [0.29, 0.717) is 16.9 Å². The Morgan fingerprint density at radius 3 is 2.41 bits per heavy atom. The normalized spacial score (nSPS) is 11.5. The number of nitrogens with one attached hydrogen (secondary N) is 1. The van der Waals surface area contributed by atoms with Gasteiger partial charge in [0.25, 0.3) is 0 Å². The number of nitrogens with zero attached hydrogens (tertiary/aromatic N) is 3. The highest BCUT2D eigenvalue weighted by Crippen LogP contribution is 2.24. The van der Waals surface area contributed by atoms with Crippen LogP contribution in [-0.4, -0.2) is 35.2 Å². The highest BCUT2D eigenvalue weighted by molar-refractivity contribution is 7.92. The van der Waals surface area contributed by atoms with E-state index in [1.807, 2.05) is 48.7 Å². The molecule has 32 heavy (non-hydrogen) atoms. The molecule has 0 radical (unpaired) electrons. The van der Waals surface area contributed by atoms with Crippen LogP contribution in [0.15, 0.2) is 91.4 Å². The van der Waals surface area contributed by atoms with Crippen LogP contribution in [-0.2, 0) is 10.0 Å². The second-order valence-electron chi connectivity index (χ2n) is 7.10. The lowest BCUT2D eigenvalue weighted by Gasteiger charge is -2.04. The average molecular weight is 445 g/mol. The third-order valence-corrected chi connectivity index (χ3v) is 5.19. The molecule has 7 nitrogen and oxygen atoms in total. The first-order valence-electron chi connectivity index (χ1n) is 9.75. The van der Waals surface area contributed by atoms with E-state index in [1.165, 1.54) is 6.08 Å². The Hall–Kier alpha value is -4.04. The van der Waals surface area contributed by atoms with Crippen molar-refractivity contribution in [3.63, 3.8) is 0 Å². The van der Waals surface area contributed by atoms with Crippen molar-refractivity contribution in [2.24, 2.45) is 0 Å². The number of sulfonamides is 1. The van der Waals surface area contributed by atoms with E-state index in [9.17, 15) is 13.2 Å². The number of carbonyl (C=O) groups excluding carboxylic acids is 1. The van der Waals surface area contributed by atoms with Crippen molar-refractivity contribution in [2.75, 3.05) is 11.0 Å². The maximum Gasteiger partial charge on any atom is 0.229 e. The average Bonchev–Trinajstić information content (AvgIpc) is 3.22. The predicted molar refractivity (Wildman–Crippen MR) is 125 cm³/mol. The molecule has 4 rings (SSSR count). The molecule has 0 spiro atoms. The fourth-order valence-electron chi connectivity index (χ4n) is 3.13. The largest absolute Gasteiger partial charge is 0.289 e. The zero-order chi connectivity index (χ0) is 22.6. The predicted octanol–water partition coefficient (Wildman–Crippen LogP) is 4.20. The van der Waals surface area contributed by atoms with E-state index < -0.39 is 10.0 Å². The van der Waals surface area contributed by atoms with Crippen molar-refractivity contribution in [1.82, 2.24) is 14.8 Å². The van der Waals surface area contributed by atoms with Crippen molar-refractivity contribution >= 4 is 27.6 Å². The number of aromatic nitrogens is 3. The lowest BCUT2D eigenvalue weighted by atomic mass is 10.1. The van der Waals surface area contributed by atoms with Crippen LogP contribution in [0.3, 0.4) is 0 Å². The molecule has 2 aromatic carbocycles. The summed E-state index contributed by atoms with van der Waals surface area (Å²) in [4.78, 5) is 16.8. The number of hydrogen-bond donors (Lipinski definition) is 1. The molecule has 0 amide bonds. The summed E-state index contributed by atoms with van der Waals surface area (Å²) >= 11 is 0. The van der Waals surface area contributed by atoms with Crippen LogP contribution >= 0.6 is 0 Å². The number of para-hydroxylation sites is 1. The van der Waals surface area contributed by atoms with Gasteiger partial charge < -0.3 is 0 Å². The van der Waals surface area contributed by atoms with Gasteiger partial charge in [0.1, 0.15) is 5.69 Å². The molecule has 0 bridgehead atoms. The fraction of sp³-hybridized carbons (Fsp3) is 0.0417. The Morgan fingerprint density at radius 1 is 1.00 bits per heavy atom. The molecule has 0 aliphatic carbocycles. The summed E-state index contributed by atoms with van der Waals surface area (Å²) in [6.45, 7) is 0. The van der Waals surface area contributed by atoms with Gasteiger partial charge in [0, 0.05) is 41.0 Å². The molecule has 0 atom stereocenters. The molecule has 2 aromatic heterocycles. The summed E-state index contributed by atoms with van der Waals surface area (Å²) < 4.78 is 26.8. The Labute approximate surface area is 186 Å². The lowest BCUT2D eigenvalue weighted by molar-refractivity contribution is 0.104. The molecule has 2 heterocycles. The lowest BCUT2D eigenvalue weighted by Crippen LogP contribution is -2.09. The van der Waals surface area contributed by atoms with Gasteiger partial charge in [-0.25, -0.2) is 13.1 Å². The fourth-order valence-corrected chi connectivity index (χ4v) is 3.69. The van der Waals surface area contributed by atoms with Gasteiger partial charge in [0.2, 0.25) is 10.0 Å². The first-order valence-corrected chi connectivity index (χ1v) is 11.6. The zero-order valence-electron chi connectivity index (χ0n) is 17.2. The van der Waals surface area contributed by atoms with E-state index in [4.69, 9.17) is 5.10 Å². The molecular formula is C24H20N4O3S. The summed E-state index contributed by atoms with van der Waals surface area (Å²) in [6.07, 6.45) is 9.55. The third-order valence-electron chi connectivity index (χ3n) is 4.59. The number of allylic oxidation sites excluding steroid dienone is 1. The standard InChI is InChI=1S/C24H20N4O3S/c1-32(30,31)27-21-12-9-18(10-13-21)23(29)14-11-20-17-28(22-7-3-2-4-8-22)26-24(20)19-6-5-15-25-16-19/h2-17,27H,1H3/b14-11+. The van der Waals surface area contributed by atoms with Gasteiger partial charge in [-0.15, -0.1) is 0 Å². The second kappa shape index (κ2) is 8.99. The molecule has 4 aromatic rings. The SMILES string of the molecule is CS(=O)(=O)Nc1ccc(C(=O)/C=C/c2cn(-c3ccccc3)nc2-c2cccnc2)cc1. The Kier molecular flexibility index (Phi) is 5.96. The first kappa shape index (κ1) is 21.2. The van der Waals surface area contributed by atoms with Crippen molar-refractivity contribution in [3.05, 3.63) is 103 Å². The highest BCUT2D eigenvalue weighted by Gasteiger charge is 2.11. The molecule has 1 N–H and O–H groups in total. The number of ketones is 1. The van der Waals surface area contributed by atoms with Gasteiger partial charge in [0.05, 0.1) is 11.9 Å². The molecule has 160 valence electrons. The summed E-state index contributed by atoms with van der Waals surface area (Å²) in [6, 6.07) is 19.7. The zero-order valence-corrected chi connectivity index (χ0v) is 18.0. The number of pyridine rings is 1. The van der Waals surface area contributed by atoms with Crippen molar-refractivity contribution in [2.45, 2.75) is 0 Å².